The summed E-state index contributed by atoms with van der Waals surface area (Å²) in [6, 6.07) is 0. The summed E-state index contributed by atoms with van der Waals surface area (Å²) in [5.74, 6) is 2.05. The molecule has 0 radical (unpaired) electrons. The quantitative estimate of drug-likeness (QED) is 0.423. The summed E-state index contributed by atoms with van der Waals surface area (Å²) >= 11 is 2.02. The first-order valence-corrected chi connectivity index (χ1v) is 8.52. The third-order valence-corrected chi connectivity index (χ3v) is 4.61. The second kappa shape index (κ2) is 9.91. The molecule has 0 saturated carbocycles. The predicted molar refractivity (Wildman–Crippen MR) is 87.4 cm³/mol. The van der Waals surface area contributed by atoms with Gasteiger partial charge in [0, 0.05) is 32.4 Å². The van der Waals surface area contributed by atoms with E-state index in [1.807, 2.05) is 11.8 Å². The van der Waals surface area contributed by atoms with Gasteiger partial charge in [0.25, 0.3) is 0 Å². The fraction of sp³-hybridized carbons (Fsp3) is 0.857. The van der Waals surface area contributed by atoms with Gasteiger partial charge in [0.2, 0.25) is 5.91 Å². The number of unbranched alkanes of at least 4 members (excludes halogenated alkanes) is 1. The maximum Gasteiger partial charge on any atom is 0.243 e. The maximum atomic E-state index is 11.6. The molecule has 1 unspecified atom stereocenters. The van der Waals surface area contributed by atoms with E-state index in [9.17, 15) is 4.79 Å². The zero-order chi connectivity index (χ0) is 14.8. The summed E-state index contributed by atoms with van der Waals surface area (Å²) in [6.45, 7) is 4.19. The van der Waals surface area contributed by atoms with Crippen molar-refractivity contribution in [2.24, 2.45) is 4.99 Å². The Hall–Kier alpha value is -0.910. The van der Waals surface area contributed by atoms with Gasteiger partial charge in [-0.1, -0.05) is 13.3 Å². The first-order chi connectivity index (χ1) is 9.63. The second-order valence-corrected chi connectivity index (χ2v) is 6.66. The number of thioether (sulfide) groups is 1. The Balaban J connectivity index is 2.40. The molecule has 0 bridgehead atoms. The maximum absolute atomic E-state index is 11.6. The van der Waals surface area contributed by atoms with Crippen molar-refractivity contribution in [3.05, 3.63) is 0 Å². The van der Waals surface area contributed by atoms with Crippen LogP contribution in [0.4, 0.5) is 0 Å². The summed E-state index contributed by atoms with van der Waals surface area (Å²) in [4.78, 5) is 17.5. The smallest absolute Gasteiger partial charge is 0.243 e. The van der Waals surface area contributed by atoms with Crippen LogP contribution in [0, 0.1) is 0 Å². The highest BCUT2D eigenvalue weighted by Crippen LogP contribution is 2.25. The zero-order valence-electron chi connectivity index (χ0n) is 12.9. The number of nitrogens with one attached hydrogen (secondary N) is 2. The highest BCUT2D eigenvalue weighted by atomic mass is 32.2. The molecule has 0 aromatic carbocycles. The van der Waals surface area contributed by atoms with Crippen LogP contribution >= 0.6 is 11.8 Å². The van der Waals surface area contributed by atoms with Crippen LogP contribution < -0.4 is 10.6 Å². The molecule has 1 amide bonds. The standard InChI is InChI=1S/C14H28N4OS/c1-4-5-8-15-14(17-11-13(19)18(2)3)16-10-12-7-6-9-20-12/h12H,4-11H2,1-3H3,(H2,15,16,17). The molecule has 1 fully saturated rings. The van der Waals surface area contributed by atoms with E-state index in [2.05, 4.69) is 22.5 Å². The summed E-state index contributed by atoms with van der Waals surface area (Å²) in [7, 11) is 3.51. The third-order valence-electron chi connectivity index (χ3n) is 3.22. The molecule has 1 saturated heterocycles. The van der Waals surface area contributed by atoms with Gasteiger partial charge in [0.1, 0.15) is 6.54 Å². The van der Waals surface area contributed by atoms with E-state index in [1.165, 1.54) is 18.6 Å². The van der Waals surface area contributed by atoms with Gasteiger partial charge in [0.05, 0.1) is 0 Å². The normalized spacial score (nSPS) is 18.9. The zero-order valence-corrected chi connectivity index (χ0v) is 13.8. The van der Waals surface area contributed by atoms with Crippen molar-refractivity contribution in [3.8, 4) is 0 Å². The topological polar surface area (TPSA) is 56.7 Å². The van der Waals surface area contributed by atoms with Crippen molar-refractivity contribution in [1.29, 1.82) is 0 Å². The van der Waals surface area contributed by atoms with Gasteiger partial charge in [-0.15, -0.1) is 0 Å². The number of carbonyl (C=O) groups excluding carboxylic acids is 1. The Kier molecular flexibility index (Phi) is 8.49. The summed E-state index contributed by atoms with van der Waals surface area (Å²) in [6.07, 6.45) is 4.85. The Bertz CT molecular complexity index is 314. The molecule has 0 spiro atoms. The van der Waals surface area contributed by atoms with Crippen molar-refractivity contribution in [3.63, 3.8) is 0 Å². The van der Waals surface area contributed by atoms with Crippen LogP contribution in [0.2, 0.25) is 0 Å². The highest BCUT2D eigenvalue weighted by Gasteiger charge is 2.15. The average molecular weight is 300 g/mol. The summed E-state index contributed by atoms with van der Waals surface area (Å²) in [5, 5.41) is 7.34. The number of aliphatic imine (C=N–C) groups is 1. The molecular formula is C14H28N4OS. The number of likely N-dealkylation sites (N-methyl/N-ethyl adjacent to an activating group) is 1. The summed E-state index contributed by atoms with van der Waals surface area (Å²) < 4.78 is 0. The number of carbonyl (C=O) groups is 1. The van der Waals surface area contributed by atoms with Crippen molar-refractivity contribution in [2.75, 3.05) is 39.5 Å². The van der Waals surface area contributed by atoms with Crippen molar-refractivity contribution in [1.82, 2.24) is 15.5 Å². The van der Waals surface area contributed by atoms with Gasteiger partial charge in [-0.05, 0) is 25.0 Å². The lowest BCUT2D eigenvalue weighted by molar-refractivity contribution is -0.127. The lowest BCUT2D eigenvalue weighted by atomic mass is 10.2. The van der Waals surface area contributed by atoms with Crippen LogP contribution in [-0.4, -0.2) is 61.5 Å². The average Bonchev–Trinajstić information content (AvgIpc) is 2.94. The monoisotopic (exact) mass is 300 g/mol. The number of hydrogen-bond acceptors (Lipinski definition) is 3. The van der Waals surface area contributed by atoms with Crippen LogP contribution in [0.15, 0.2) is 4.99 Å². The van der Waals surface area contributed by atoms with Crippen LogP contribution in [0.1, 0.15) is 32.6 Å². The molecule has 1 atom stereocenters. The van der Waals surface area contributed by atoms with E-state index in [-0.39, 0.29) is 12.5 Å². The molecule has 1 aliphatic rings. The lowest BCUT2D eigenvalue weighted by Crippen LogP contribution is -2.41. The number of rotatable bonds is 7. The van der Waals surface area contributed by atoms with Crippen molar-refractivity contribution < 1.29 is 4.79 Å². The minimum atomic E-state index is 0.0248. The minimum absolute atomic E-state index is 0.0248. The van der Waals surface area contributed by atoms with E-state index in [4.69, 9.17) is 0 Å². The van der Waals surface area contributed by atoms with Crippen LogP contribution in [0.5, 0.6) is 0 Å². The van der Waals surface area contributed by atoms with Crippen LogP contribution in [0.25, 0.3) is 0 Å². The molecule has 0 aliphatic carbocycles. The molecule has 1 aliphatic heterocycles. The minimum Gasteiger partial charge on any atom is -0.356 e. The Morgan fingerprint density at radius 2 is 2.20 bits per heavy atom. The predicted octanol–water partition coefficient (Wildman–Crippen LogP) is 1.31. The van der Waals surface area contributed by atoms with Crippen LogP contribution in [-0.2, 0) is 4.79 Å². The largest absolute Gasteiger partial charge is 0.356 e. The number of amides is 1. The van der Waals surface area contributed by atoms with Crippen molar-refractivity contribution >= 4 is 23.6 Å². The van der Waals surface area contributed by atoms with Gasteiger partial charge in [-0.25, -0.2) is 4.99 Å². The van der Waals surface area contributed by atoms with E-state index in [0.29, 0.717) is 5.25 Å². The van der Waals surface area contributed by atoms with Crippen LogP contribution in [0.3, 0.4) is 0 Å². The highest BCUT2D eigenvalue weighted by molar-refractivity contribution is 8.00. The summed E-state index contributed by atoms with van der Waals surface area (Å²) in [5.41, 5.74) is 0. The molecule has 2 N–H and O–H groups in total. The molecule has 20 heavy (non-hydrogen) atoms. The Morgan fingerprint density at radius 1 is 1.40 bits per heavy atom. The van der Waals surface area contributed by atoms with E-state index in [1.54, 1.807) is 19.0 Å². The SMILES string of the molecule is CCCCNC(=NCC(=O)N(C)C)NCC1CCCS1. The number of hydrogen-bond donors (Lipinski definition) is 2. The molecule has 1 heterocycles. The molecule has 6 heteroatoms. The molecular weight excluding hydrogens is 272 g/mol. The van der Waals surface area contributed by atoms with E-state index < -0.39 is 0 Å². The van der Waals surface area contributed by atoms with E-state index >= 15 is 0 Å². The van der Waals surface area contributed by atoms with Gasteiger partial charge < -0.3 is 15.5 Å². The Morgan fingerprint density at radius 3 is 2.80 bits per heavy atom. The first kappa shape index (κ1) is 17.1. The number of guanidine groups is 1. The first-order valence-electron chi connectivity index (χ1n) is 7.47. The molecule has 5 nitrogen and oxygen atoms in total. The molecule has 0 aromatic heterocycles. The Labute approximate surface area is 127 Å². The second-order valence-electron chi connectivity index (χ2n) is 5.25. The fourth-order valence-electron chi connectivity index (χ4n) is 1.86. The molecule has 1 rings (SSSR count). The lowest BCUT2D eigenvalue weighted by Gasteiger charge is -2.15. The van der Waals surface area contributed by atoms with Gasteiger partial charge >= 0.3 is 0 Å². The molecule has 0 aromatic rings. The van der Waals surface area contributed by atoms with Gasteiger partial charge in [-0.2, -0.15) is 11.8 Å². The number of nitrogens with zero attached hydrogens (tertiary/aromatic N) is 2. The van der Waals surface area contributed by atoms with Gasteiger partial charge in [-0.3, -0.25) is 4.79 Å². The fourth-order valence-corrected chi connectivity index (χ4v) is 3.06. The molecule has 116 valence electrons. The van der Waals surface area contributed by atoms with Crippen molar-refractivity contribution in [2.45, 2.75) is 37.9 Å². The third kappa shape index (κ3) is 7.03. The van der Waals surface area contributed by atoms with E-state index in [0.717, 1.165) is 31.9 Å². The van der Waals surface area contributed by atoms with Gasteiger partial charge in [0.15, 0.2) is 5.96 Å².